The molecule has 1 N–H and O–H groups in total. The number of anilines is 1. The van der Waals surface area contributed by atoms with Crippen LogP contribution >= 0.6 is 15.9 Å². The number of nitrogens with zero attached hydrogens (tertiary/aromatic N) is 2. The van der Waals surface area contributed by atoms with Gasteiger partial charge in [0.25, 0.3) is 5.91 Å². The van der Waals surface area contributed by atoms with Crippen LogP contribution in [0.2, 0.25) is 0 Å². The van der Waals surface area contributed by atoms with E-state index in [2.05, 4.69) is 31.4 Å². The van der Waals surface area contributed by atoms with Gasteiger partial charge in [-0.25, -0.2) is 8.78 Å². The Morgan fingerprint density at radius 2 is 2.00 bits per heavy atom. The number of rotatable bonds is 2. The van der Waals surface area contributed by atoms with Gasteiger partial charge in [0.1, 0.15) is 11.6 Å². The van der Waals surface area contributed by atoms with Gasteiger partial charge in [0.2, 0.25) is 0 Å². The average Bonchev–Trinajstić information content (AvgIpc) is 2.37. The van der Waals surface area contributed by atoms with Crippen molar-refractivity contribution in [2.24, 2.45) is 0 Å². The van der Waals surface area contributed by atoms with Gasteiger partial charge in [0, 0.05) is 6.07 Å². The van der Waals surface area contributed by atoms with E-state index in [1.54, 1.807) is 0 Å². The molecule has 0 unspecified atom stereocenters. The summed E-state index contributed by atoms with van der Waals surface area (Å²) in [6.07, 6.45) is 2.55. The number of benzene rings is 1. The van der Waals surface area contributed by atoms with Crippen molar-refractivity contribution in [2.45, 2.75) is 0 Å². The molecule has 0 fully saturated rings. The summed E-state index contributed by atoms with van der Waals surface area (Å²) in [4.78, 5) is 11.7. The van der Waals surface area contributed by atoms with Crippen LogP contribution in [0.15, 0.2) is 35.1 Å². The van der Waals surface area contributed by atoms with Crippen LogP contribution in [0.4, 0.5) is 14.5 Å². The first-order valence-corrected chi connectivity index (χ1v) is 5.60. The Balaban J connectivity index is 2.25. The summed E-state index contributed by atoms with van der Waals surface area (Å²) in [7, 11) is 0. The lowest BCUT2D eigenvalue weighted by molar-refractivity contribution is 0.102. The Hall–Kier alpha value is -1.89. The molecule has 0 aliphatic rings. The van der Waals surface area contributed by atoms with Gasteiger partial charge in [-0.2, -0.15) is 10.2 Å². The van der Waals surface area contributed by atoms with E-state index in [1.807, 2.05) is 0 Å². The molecular weight excluding hydrogens is 308 g/mol. The SMILES string of the molecule is O=C(Nc1cc(F)c(Br)cc1F)c1ccnnc1. The molecule has 2 rings (SSSR count). The van der Waals surface area contributed by atoms with Crippen molar-refractivity contribution in [3.8, 4) is 0 Å². The lowest BCUT2D eigenvalue weighted by atomic mass is 10.2. The lowest BCUT2D eigenvalue weighted by Gasteiger charge is -2.07. The van der Waals surface area contributed by atoms with Gasteiger partial charge >= 0.3 is 0 Å². The highest BCUT2D eigenvalue weighted by Gasteiger charge is 2.12. The van der Waals surface area contributed by atoms with Crippen LogP contribution in [0.3, 0.4) is 0 Å². The van der Waals surface area contributed by atoms with Crippen LogP contribution in [0.5, 0.6) is 0 Å². The second-order valence-corrected chi connectivity index (χ2v) is 4.19. The summed E-state index contributed by atoms with van der Waals surface area (Å²) >= 11 is 2.85. The van der Waals surface area contributed by atoms with Gasteiger partial charge in [-0.3, -0.25) is 4.79 Å². The predicted molar refractivity (Wildman–Crippen MR) is 64.0 cm³/mol. The van der Waals surface area contributed by atoms with Gasteiger partial charge < -0.3 is 5.32 Å². The van der Waals surface area contributed by atoms with Crippen molar-refractivity contribution in [3.05, 3.63) is 52.3 Å². The normalized spacial score (nSPS) is 10.2. The molecule has 4 nitrogen and oxygen atoms in total. The topological polar surface area (TPSA) is 54.9 Å². The zero-order valence-electron chi connectivity index (χ0n) is 8.82. The molecule has 0 atom stereocenters. The molecule has 1 aromatic heterocycles. The molecule has 1 aromatic carbocycles. The number of amides is 1. The Morgan fingerprint density at radius 3 is 2.67 bits per heavy atom. The number of aromatic nitrogens is 2. The van der Waals surface area contributed by atoms with Crippen LogP contribution in [0.25, 0.3) is 0 Å². The zero-order chi connectivity index (χ0) is 13.1. The van der Waals surface area contributed by atoms with E-state index < -0.39 is 17.5 Å². The van der Waals surface area contributed by atoms with Crippen LogP contribution in [-0.4, -0.2) is 16.1 Å². The second kappa shape index (κ2) is 5.18. The first-order chi connectivity index (χ1) is 8.58. The first-order valence-electron chi connectivity index (χ1n) is 4.80. The van der Waals surface area contributed by atoms with Gasteiger partial charge in [-0.05, 0) is 28.1 Å². The maximum Gasteiger partial charge on any atom is 0.257 e. The van der Waals surface area contributed by atoms with E-state index in [0.29, 0.717) is 0 Å². The maximum atomic E-state index is 13.5. The molecule has 0 aliphatic carbocycles. The summed E-state index contributed by atoms with van der Waals surface area (Å²) in [6, 6.07) is 3.25. The number of carbonyl (C=O) groups is 1. The monoisotopic (exact) mass is 313 g/mol. The third-order valence-electron chi connectivity index (χ3n) is 2.10. The summed E-state index contributed by atoms with van der Waals surface area (Å²) in [5.41, 5.74) is -0.0368. The fraction of sp³-hybridized carbons (Fsp3) is 0. The Morgan fingerprint density at radius 1 is 1.22 bits per heavy atom. The van der Waals surface area contributed by atoms with Crippen molar-refractivity contribution in [1.29, 1.82) is 0 Å². The molecule has 2 aromatic rings. The van der Waals surface area contributed by atoms with Crippen LogP contribution in [0, 0.1) is 11.6 Å². The average molecular weight is 314 g/mol. The van der Waals surface area contributed by atoms with Crippen molar-refractivity contribution >= 4 is 27.5 Å². The van der Waals surface area contributed by atoms with Crippen LogP contribution in [-0.2, 0) is 0 Å². The molecule has 0 saturated heterocycles. The van der Waals surface area contributed by atoms with Crippen molar-refractivity contribution < 1.29 is 13.6 Å². The standard InChI is InChI=1S/C11H6BrF2N3O/c12-7-3-9(14)10(4-8(7)13)17-11(18)6-1-2-15-16-5-6/h1-5H,(H,17,18). The van der Waals surface area contributed by atoms with E-state index in [0.717, 1.165) is 12.1 Å². The molecular formula is C11H6BrF2N3O. The Bertz CT molecular complexity index is 592. The molecule has 0 aliphatic heterocycles. The molecule has 1 heterocycles. The highest BCUT2D eigenvalue weighted by molar-refractivity contribution is 9.10. The summed E-state index contributed by atoms with van der Waals surface area (Å²) in [5.74, 6) is -2.00. The van der Waals surface area contributed by atoms with E-state index in [-0.39, 0.29) is 15.7 Å². The number of hydrogen-bond donors (Lipinski definition) is 1. The summed E-state index contributed by atoms with van der Waals surface area (Å²) in [6.45, 7) is 0. The molecule has 0 spiro atoms. The number of carbonyl (C=O) groups excluding carboxylic acids is 1. The smallest absolute Gasteiger partial charge is 0.257 e. The Kier molecular flexibility index (Phi) is 3.61. The van der Waals surface area contributed by atoms with Crippen LogP contribution in [0.1, 0.15) is 10.4 Å². The van der Waals surface area contributed by atoms with Crippen molar-refractivity contribution in [1.82, 2.24) is 10.2 Å². The number of nitrogens with one attached hydrogen (secondary N) is 1. The highest BCUT2D eigenvalue weighted by Crippen LogP contribution is 2.23. The van der Waals surface area contributed by atoms with E-state index in [9.17, 15) is 13.6 Å². The number of halogens is 3. The maximum absolute atomic E-state index is 13.5. The molecule has 0 saturated carbocycles. The molecule has 0 radical (unpaired) electrons. The first kappa shape index (κ1) is 12.6. The third-order valence-corrected chi connectivity index (χ3v) is 2.71. The molecule has 0 bridgehead atoms. The lowest BCUT2D eigenvalue weighted by Crippen LogP contribution is -2.13. The quantitative estimate of drug-likeness (QED) is 0.867. The Labute approximate surface area is 109 Å². The van der Waals surface area contributed by atoms with Gasteiger partial charge in [-0.15, -0.1) is 0 Å². The summed E-state index contributed by atoms with van der Waals surface area (Å²) < 4.78 is 26.7. The molecule has 1 amide bonds. The molecule has 92 valence electrons. The fourth-order valence-electron chi connectivity index (χ4n) is 1.24. The van der Waals surface area contributed by atoms with Crippen molar-refractivity contribution in [3.63, 3.8) is 0 Å². The minimum Gasteiger partial charge on any atom is -0.319 e. The van der Waals surface area contributed by atoms with Gasteiger partial charge in [-0.1, -0.05) is 0 Å². The summed E-state index contributed by atoms with van der Waals surface area (Å²) in [5, 5.41) is 9.28. The highest BCUT2D eigenvalue weighted by atomic mass is 79.9. The molecule has 7 heteroatoms. The van der Waals surface area contributed by atoms with E-state index in [4.69, 9.17) is 0 Å². The second-order valence-electron chi connectivity index (χ2n) is 3.33. The number of hydrogen-bond acceptors (Lipinski definition) is 3. The minimum atomic E-state index is -0.737. The molecule has 18 heavy (non-hydrogen) atoms. The third kappa shape index (κ3) is 2.67. The van der Waals surface area contributed by atoms with Crippen LogP contribution < -0.4 is 5.32 Å². The van der Waals surface area contributed by atoms with E-state index >= 15 is 0 Å². The zero-order valence-corrected chi connectivity index (χ0v) is 10.4. The van der Waals surface area contributed by atoms with Gasteiger partial charge in [0.05, 0.1) is 28.1 Å². The fourth-order valence-corrected chi connectivity index (χ4v) is 1.55. The van der Waals surface area contributed by atoms with Crippen molar-refractivity contribution in [2.75, 3.05) is 5.32 Å². The van der Waals surface area contributed by atoms with Gasteiger partial charge in [0.15, 0.2) is 0 Å². The largest absolute Gasteiger partial charge is 0.319 e. The van der Waals surface area contributed by atoms with E-state index in [1.165, 1.54) is 18.5 Å². The predicted octanol–water partition coefficient (Wildman–Crippen LogP) is 2.77. The minimum absolute atomic E-state index is 0.0106.